The number of hydrogen-bond acceptors (Lipinski definition) is 8. The summed E-state index contributed by atoms with van der Waals surface area (Å²) in [7, 11) is 0. The zero-order valence-corrected chi connectivity index (χ0v) is 18.3. The van der Waals surface area contributed by atoms with E-state index in [-0.39, 0.29) is 39.9 Å². The van der Waals surface area contributed by atoms with Crippen LogP contribution in [0.5, 0.6) is 0 Å². The smallest absolute Gasteiger partial charge is 0.410 e. The Bertz CT molecular complexity index is 1010. The van der Waals surface area contributed by atoms with Gasteiger partial charge in [-0.25, -0.2) is 4.79 Å². The molecule has 0 radical (unpaired) electrons. The van der Waals surface area contributed by atoms with Crippen LogP contribution in [0.2, 0.25) is 0 Å². The van der Waals surface area contributed by atoms with Crippen molar-refractivity contribution in [2.24, 2.45) is 5.92 Å². The van der Waals surface area contributed by atoms with Crippen molar-refractivity contribution in [1.29, 1.82) is 0 Å². The van der Waals surface area contributed by atoms with E-state index in [1.807, 2.05) is 20.8 Å². The number of aromatic nitrogens is 1. The second-order valence-electron chi connectivity index (χ2n) is 8.96. The highest BCUT2D eigenvalue weighted by molar-refractivity contribution is 8.04. The number of likely N-dealkylation sites (tertiary alicyclic amines) is 1. The van der Waals surface area contributed by atoms with Crippen molar-refractivity contribution < 1.29 is 24.0 Å². The number of nitro groups is 1. The summed E-state index contributed by atoms with van der Waals surface area (Å²) in [6.45, 7) is 6.53. The summed E-state index contributed by atoms with van der Waals surface area (Å²) >= 11 is 0.833. The first-order valence-corrected chi connectivity index (χ1v) is 11.0. The van der Waals surface area contributed by atoms with E-state index in [0.717, 1.165) is 17.3 Å². The molecule has 164 valence electrons. The van der Waals surface area contributed by atoms with Crippen molar-refractivity contribution in [3.05, 3.63) is 50.3 Å². The van der Waals surface area contributed by atoms with E-state index >= 15 is 0 Å². The molecule has 2 unspecified atom stereocenters. The summed E-state index contributed by atoms with van der Waals surface area (Å²) in [5, 5.41) is 10.1. The number of carbonyl (C=O) groups is 3. The summed E-state index contributed by atoms with van der Waals surface area (Å²) in [6, 6.07) is 1.71. The Morgan fingerprint density at radius 2 is 1.94 bits per heavy atom. The number of hydrogen-bond donors (Lipinski definition) is 0. The maximum Gasteiger partial charge on any atom is 0.410 e. The minimum atomic E-state index is -0.833. The minimum absolute atomic E-state index is 0.0858. The molecular weight excluding hydrogens is 422 g/mol. The van der Waals surface area contributed by atoms with Gasteiger partial charge in [-0.1, -0.05) is 0 Å². The standard InChI is InChI=1S/C21H23N3O6S/c1-21(2,3)30-20(27)23-6-4-11(5-7-23)12-8-13-16(22-10-12)17(25)14-9-15(24(28)29)31-19(14)18(13)26/h8-11,14,19H,4-7H2,1-3H3. The highest BCUT2D eigenvalue weighted by atomic mass is 32.2. The van der Waals surface area contributed by atoms with Gasteiger partial charge in [-0.15, -0.1) is 0 Å². The zero-order chi connectivity index (χ0) is 22.5. The van der Waals surface area contributed by atoms with Crippen LogP contribution in [0.4, 0.5) is 4.79 Å². The first-order valence-electron chi connectivity index (χ1n) is 10.1. The van der Waals surface area contributed by atoms with E-state index in [9.17, 15) is 24.5 Å². The maximum absolute atomic E-state index is 13.0. The van der Waals surface area contributed by atoms with Gasteiger partial charge in [-0.2, -0.15) is 0 Å². The third-order valence-electron chi connectivity index (χ3n) is 5.66. The highest BCUT2D eigenvalue weighted by Crippen LogP contribution is 2.43. The number of allylic oxidation sites excluding steroid dienone is 1. The molecule has 1 amide bonds. The van der Waals surface area contributed by atoms with E-state index in [1.165, 1.54) is 6.08 Å². The highest BCUT2D eigenvalue weighted by Gasteiger charge is 2.49. The van der Waals surface area contributed by atoms with Crippen LogP contribution in [0.25, 0.3) is 0 Å². The third-order valence-corrected chi connectivity index (χ3v) is 6.95. The van der Waals surface area contributed by atoms with E-state index in [0.29, 0.717) is 25.9 Å². The number of carbonyl (C=O) groups excluding carboxylic acids is 3. The van der Waals surface area contributed by atoms with Gasteiger partial charge in [0.05, 0.1) is 16.1 Å². The molecule has 0 N–H and O–H groups in total. The molecule has 10 heteroatoms. The summed E-state index contributed by atoms with van der Waals surface area (Å²) in [4.78, 5) is 54.5. The SMILES string of the molecule is CC(C)(C)OC(=O)N1CCC(c2cnc3c(c2)C(=O)C2SC([N+](=O)[O-])=CC2C3=O)CC1. The Balaban J connectivity index is 1.49. The molecule has 4 rings (SSSR count). The van der Waals surface area contributed by atoms with Crippen LogP contribution >= 0.6 is 11.8 Å². The summed E-state index contributed by atoms with van der Waals surface area (Å²) in [5.41, 5.74) is 0.614. The first-order chi connectivity index (χ1) is 14.5. The lowest BCUT2D eigenvalue weighted by molar-refractivity contribution is -0.410. The third kappa shape index (κ3) is 4.08. The Morgan fingerprint density at radius 1 is 1.26 bits per heavy atom. The lowest BCUT2D eigenvalue weighted by Gasteiger charge is -2.34. The Hall–Kier alpha value is -2.75. The molecule has 0 aromatic carbocycles. The number of ketones is 2. The predicted molar refractivity (Wildman–Crippen MR) is 113 cm³/mol. The predicted octanol–water partition coefficient (Wildman–Crippen LogP) is 3.42. The molecule has 2 aliphatic heterocycles. The van der Waals surface area contributed by atoms with Crippen LogP contribution in [0, 0.1) is 16.0 Å². The van der Waals surface area contributed by atoms with Crippen LogP contribution in [0.1, 0.15) is 65.9 Å². The molecule has 0 bridgehead atoms. The average molecular weight is 445 g/mol. The number of fused-ring (bicyclic) bond motifs is 2. The Kier molecular flexibility index (Phi) is 5.36. The molecule has 0 spiro atoms. The molecule has 31 heavy (non-hydrogen) atoms. The monoisotopic (exact) mass is 445 g/mol. The molecule has 1 saturated heterocycles. The molecule has 0 saturated carbocycles. The number of amides is 1. The van der Waals surface area contributed by atoms with Gasteiger partial charge < -0.3 is 9.64 Å². The van der Waals surface area contributed by atoms with E-state index in [2.05, 4.69) is 4.98 Å². The molecule has 3 aliphatic rings. The van der Waals surface area contributed by atoms with Crippen molar-refractivity contribution in [2.75, 3.05) is 13.1 Å². The van der Waals surface area contributed by atoms with Crippen molar-refractivity contribution in [2.45, 2.75) is 50.4 Å². The minimum Gasteiger partial charge on any atom is -0.444 e. The number of Topliss-reactive ketones (excluding diaryl/α,β-unsaturated/α-hetero) is 2. The van der Waals surface area contributed by atoms with Gasteiger partial charge in [0.15, 0.2) is 11.6 Å². The molecular formula is C21H23N3O6S. The van der Waals surface area contributed by atoms with Crippen molar-refractivity contribution in [3.8, 4) is 0 Å². The van der Waals surface area contributed by atoms with Crippen molar-refractivity contribution in [1.82, 2.24) is 9.88 Å². The number of ether oxygens (including phenoxy) is 1. The molecule has 1 aromatic heterocycles. The fourth-order valence-electron chi connectivity index (χ4n) is 4.14. The van der Waals surface area contributed by atoms with Gasteiger partial charge in [0.25, 0.3) is 0 Å². The molecule has 2 atom stereocenters. The summed E-state index contributed by atoms with van der Waals surface area (Å²) in [5.74, 6) is -1.38. The normalized spacial score (nSPS) is 23.8. The number of pyridine rings is 1. The fraction of sp³-hybridized carbons (Fsp3) is 0.524. The molecule has 9 nitrogen and oxygen atoms in total. The van der Waals surface area contributed by atoms with Gasteiger partial charge in [0.1, 0.15) is 11.3 Å². The second-order valence-corrected chi connectivity index (χ2v) is 10.1. The van der Waals surface area contributed by atoms with Gasteiger partial charge in [0, 0.05) is 30.9 Å². The van der Waals surface area contributed by atoms with Crippen molar-refractivity contribution in [3.63, 3.8) is 0 Å². The molecule has 3 heterocycles. The van der Waals surface area contributed by atoms with Crippen molar-refractivity contribution >= 4 is 29.4 Å². The number of rotatable bonds is 2. The Morgan fingerprint density at radius 3 is 2.55 bits per heavy atom. The zero-order valence-electron chi connectivity index (χ0n) is 17.5. The number of piperidine rings is 1. The maximum atomic E-state index is 13.0. The second kappa shape index (κ2) is 7.74. The number of nitrogens with zero attached hydrogens (tertiary/aromatic N) is 3. The average Bonchev–Trinajstić information content (AvgIpc) is 3.17. The summed E-state index contributed by atoms with van der Waals surface area (Å²) in [6.07, 6.45) is 3.91. The van der Waals surface area contributed by atoms with Crippen LogP contribution in [0.3, 0.4) is 0 Å². The molecule has 1 aliphatic carbocycles. The lowest BCUT2D eigenvalue weighted by Crippen LogP contribution is -2.41. The lowest BCUT2D eigenvalue weighted by atomic mass is 9.82. The van der Waals surface area contributed by atoms with E-state index in [1.54, 1.807) is 17.2 Å². The first kappa shape index (κ1) is 21.5. The van der Waals surface area contributed by atoms with E-state index < -0.39 is 21.7 Å². The van der Waals surface area contributed by atoms with Crippen LogP contribution in [-0.2, 0) is 4.74 Å². The molecule has 1 fully saturated rings. The van der Waals surface area contributed by atoms with Gasteiger partial charge in [-0.05, 0) is 62.9 Å². The van der Waals surface area contributed by atoms with Gasteiger partial charge >= 0.3 is 11.1 Å². The quantitative estimate of drug-likeness (QED) is 0.502. The summed E-state index contributed by atoms with van der Waals surface area (Å²) < 4.78 is 5.42. The van der Waals surface area contributed by atoms with Crippen LogP contribution in [0.15, 0.2) is 23.4 Å². The fourth-order valence-corrected chi connectivity index (χ4v) is 5.29. The Labute approximate surface area is 183 Å². The van der Waals surface area contributed by atoms with Gasteiger partial charge in [-0.3, -0.25) is 24.7 Å². The topological polar surface area (TPSA) is 120 Å². The van der Waals surface area contributed by atoms with Crippen LogP contribution < -0.4 is 0 Å². The van der Waals surface area contributed by atoms with Crippen LogP contribution in [-0.4, -0.2) is 56.4 Å². The van der Waals surface area contributed by atoms with E-state index in [4.69, 9.17) is 4.74 Å². The largest absolute Gasteiger partial charge is 0.444 e. The molecule has 1 aromatic rings. The van der Waals surface area contributed by atoms with Gasteiger partial charge in [0.2, 0.25) is 0 Å². The number of thioether (sulfide) groups is 1.